The molecule has 0 amide bonds. The van der Waals surface area contributed by atoms with Crippen LogP contribution in [0, 0.1) is 0 Å². The molecule has 1 aromatic heterocycles. The van der Waals surface area contributed by atoms with E-state index in [0.717, 1.165) is 22.3 Å². The van der Waals surface area contributed by atoms with E-state index in [1.54, 1.807) is 6.08 Å². The summed E-state index contributed by atoms with van der Waals surface area (Å²) < 4.78 is 13.6. The van der Waals surface area contributed by atoms with Gasteiger partial charge in [0, 0.05) is 5.70 Å². The molecule has 0 unspecified atom stereocenters. The van der Waals surface area contributed by atoms with E-state index < -0.39 is 12.0 Å². The van der Waals surface area contributed by atoms with Gasteiger partial charge in [0.2, 0.25) is 5.95 Å². The lowest BCUT2D eigenvalue weighted by molar-refractivity contribution is -0.138. The zero-order valence-corrected chi connectivity index (χ0v) is 18.2. The van der Waals surface area contributed by atoms with Crippen molar-refractivity contribution in [3.05, 3.63) is 108 Å². The molecule has 164 valence electrons. The van der Waals surface area contributed by atoms with Crippen LogP contribution in [0.5, 0.6) is 11.5 Å². The van der Waals surface area contributed by atoms with E-state index in [-0.39, 0.29) is 6.61 Å². The van der Waals surface area contributed by atoms with Gasteiger partial charge < -0.3 is 14.8 Å². The highest BCUT2D eigenvalue weighted by molar-refractivity contribution is 5.94. The first-order valence-electron chi connectivity index (χ1n) is 10.7. The Balaban J connectivity index is 1.65. The summed E-state index contributed by atoms with van der Waals surface area (Å²) in [6.07, 6.45) is 1.56. The SMILES string of the molecule is C=CCOC(=O)C1=C(C)Nc2nc3ccccc3n2[C@@H]1c1cccc(Oc2ccccc2)c1. The zero-order chi connectivity index (χ0) is 22.8. The van der Waals surface area contributed by atoms with E-state index in [9.17, 15) is 4.79 Å². The van der Waals surface area contributed by atoms with Crippen molar-refractivity contribution < 1.29 is 14.3 Å². The number of benzene rings is 3. The Morgan fingerprint density at radius 1 is 1.06 bits per heavy atom. The summed E-state index contributed by atoms with van der Waals surface area (Å²) in [6, 6.07) is 24.8. The van der Waals surface area contributed by atoms with Crippen LogP contribution in [0.15, 0.2) is 103 Å². The fraction of sp³-hybridized carbons (Fsp3) is 0.111. The van der Waals surface area contributed by atoms with Crippen LogP contribution in [-0.4, -0.2) is 22.1 Å². The molecule has 5 rings (SSSR count). The molecule has 1 atom stereocenters. The number of esters is 1. The highest BCUT2D eigenvalue weighted by Crippen LogP contribution is 2.40. The van der Waals surface area contributed by atoms with Crippen molar-refractivity contribution in [3.8, 4) is 11.5 Å². The molecule has 4 aromatic rings. The van der Waals surface area contributed by atoms with Crippen LogP contribution in [0.25, 0.3) is 11.0 Å². The summed E-state index contributed by atoms with van der Waals surface area (Å²) in [5.41, 5.74) is 3.87. The zero-order valence-electron chi connectivity index (χ0n) is 18.2. The Morgan fingerprint density at radius 3 is 2.64 bits per heavy atom. The van der Waals surface area contributed by atoms with Gasteiger partial charge in [0.15, 0.2) is 0 Å². The van der Waals surface area contributed by atoms with Gasteiger partial charge >= 0.3 is 5.97 Å². The largest absolute Gasteiger partial charge is 0.458 e. The number of nitrogens with zero attached hydrogens (tertiary/aromatic N) is 2. The van der Waals surface area contributed by atoms with Gasteiger partial charge in [-0.15, -0.1) is 0 Å². The standard InChI is InChI=1S/C27H23N3O3/c1-3-16-32-26(31)24-18(2)28-27-29-22-14-7-8-15-23(22)30(27)25(24)19-10-9-13-21(17-19)33-20-11-5-4-6-12-20/h3-15,17,25H,1,16H2,2H3,(H,28,29)/t25-/m1/s1. The summed E-state index contributed by atoms with van der Waals surface area (Å²) in [5, 5.41) is 3.28. The Labute approximate surface area is 191 Å². The number of rotatable bonds is 6. The minimum absolute atomic E-state index is 0.136. The van der Waals surface area contributed by atoms with Crippen molar-refractivity contribution in [2.45, 2.75) is 13.0 Å². The third-order valence-corrected chi connectivity index (χ3v) is 5.54. The number of para-hydroxylation sites is 3. The topological polar surface area (TPSA) is 65.4 Å². The number of fused-ring (bicyclic) bond motifs is 3. The second kappa shape index (κ2) is 8.67. The first kappa shape index (κ1) is 20.6. The molecule has 33 heavy (non-hydrogen) atoms. The number of aromatic nitrogens is 2. The van der Waals surface area contributed by atoms with Crippen molar-refractivity contribution in [3.63, 3.8) is 0 Å². The van der Waals surface area contributed by atoms with Crippen LogP contribution >= 0.6 is 0 Å². The highest BCUT2D eigenvalue weighted by Gasteiger charge is 2.35. The lowest BCUT2D eigenvalue weighted by atomic mass is 9.95. The van der Waals surface area contributed by atoms with Gasteiger partial charge in [-0.25, -0.2) is 9.78 Å². The fourth-order valence-corrected chi connectivity index (χ4v) is 4.13. The normalized spacial score (nSPS) is 15.0. The molecule has 6 heteroatoms. The Hall–Kier alpha value is -4.32. The predicted molar refractivity (Wildman–Crippen MR) is 128 cm³/mol. The van der Waals surface area contributed by atoms with Gasteiger partial charge in [-0.3, -0.25) is 4.57 Å². The van der Waals surface area contributed by atoms with E-state index in [4.69, 9.17) is 14.5 Å². The summed E-state index contributed by atoms with van der Waals surface area (Å²) >= 11 is 0. The number of anilines is 1. The van der Waals surface area contributed by atoms with Gasteiger partial charge in [-0.1, -0.05) is 55.1 Å². The van der Waals surface area contributed by atoms with Crippen LogP contribution in [0.2, 0.25) is 0 Å². The maximum atomic E-state index is 13.2. The lowest BCUT2D eigenvalue weighted by Gasteiger charge is -2.30. The number of hydrogen-bond acceptors (Lipinski definition) is 5. The van der Waals surface area contributed by atoms with Gasteiger partial charge in [-0.05, 0) is 48.9 Å². The van der Waals surface area contributed by atoms with Crippen LogP contribution in [-0.2, 0) is 9.53 Å². The van der Waals surface area contributed by atoms with Crippen LogP contribution < -0.4 is 10.1 Å². The van der Waals surface area contributed by atoms with Crippen molar-refractivity contribution in [1.82, 2.24) is 9.55 Å². The van der Waals surface area contributed by atoms with Crippen molar-refractivity contribution in [1.29, 1.82) is 0 Å². The van der Waals surface area contributed by atoms with Crippen molar-refractivity contribution >= 4 is 23.0 Å². The highest BCUT2D eigenvalue weighted by atomic mass is 16.5. The summed E-state index contributed by atoms with van der Waals surface area (Å²) in [7, 11) is 0. The summed E-state index contributed by atoms with van der Waals surface area (Å²) in [4.78, 5) is 17.9. The Bertz CT molecular complexity index is 1370. The number of carbonyl (C=O) groups is 1. The molecule has 2 heterocycles. The molecule has 0 aliphatic carbocycles. The van der Waals surface area contributed by atoms with E-state index in [1.807, 2.05) is 90.4 Å². The monoisotopic (exact) mass is 437 g/mol. The van der Waals surface area contributed by atoms with Gasteiger partial charge in [0.1, 0.15) is 18.1 Å². The molecular formula is C27H23N3O3. The fourth-order valence-electron chi connectivity index (χ4n) is 4.13. The second-order valence-corrected chi connectivity index (χ2v) is 7.74. The summed E-state index contributed by atoms with van der Waals surface area (Å²) in [6.45, 7) is 5.66. The smallest absolute Gasteiger partial charge is 0.338 e. The minimum atomic E-state index is -0.440. The van der Waals surface area contributed by atoms with Crippen molar-refractivity contribution in [2.75, 3.05) is 11.9 Å². The molecule has 3 aromatic carbocycles. The number of imidazole rings is 1. The molecule has 0 bridgehead atoms. The van der Waals surface area contributed by atoms with Crippen LogP contribution in [0.4, 0.5) is 5.95 Å². The predicted octanol–water partition coefficient (Wildman–Crippen LogP) is 5.85. The maximum absolute atomic E-state index is 13.2. The molecule has 1 aliphatic heterocycles. The van der Waals surface area contributed by atoms with E-state index in [0.29, 0.717) is 23.0 Å². The van der Waals surface area contributed by atoms with Gasteiger partial charge in [0.25, 0.3) is 0 Å². The molecule has 0 fully saturated rings. The lowest BCUT2D eigenvalue weighted by Crippen LogP contribution is -2.29. The number of nitrogens with one attached hydrogen (secondary N) is 1. The van der Waals surface area contributed by atoms with Gasteiger partial charge in [-0.2, -0.15) is 0 Å². The molecule has 1 aliphatic rings. The average Bonchev–Trinajstić information content (AvgIpc) is 3.20. The minimum Gasteiger partial charge on any atom is -0.458 e. The quantitative estimate of drug-likeness (QED) is 0.303. The average molecular weight is 437 g/mol. The second-order valence-electron chi connectivity index (χ2n) is 7.74. The number of allylic oxidation sites excluding steroid dienone is 1. The van der Waals surface area contributed by atoms with Crippen LogP contribution in [0.3, 0.4) is 0 Å². The van der Waals surface area contributed by atoms with Crippen LogP contribution in [0.1, 0.15) is 18.5 Å². The van der Waals surface area contributed by atoms with E-state index in [2.05, 4.69) is 11.9 Å². The number of hydrogen-bond donors (Lipinski definition) is 1. The van der Waals surface area contributed by atoms with Crippen molar-refractivity contribution in [2.24, 2.45) is 0 Å². The van der Waals surface area contributed by atoms with E-state index >= 15 is 0 Å². The van der Waals surface area contributed by atoms with E-state index in [1.165, 1.54) is 0 Å². The molecule has 6 nitrogen and oxygen atoms in total. The maximum Gasteiger partial charge on any atom is 0.338 e. The van der Waals surface area contributed by atoms with Gasteiger partial charge in [0.05, 0.1) is 22.6 Å². The summed E-state index contributed by atoms with van der Waals surface area (Å²) in [5.74, 6) is 1.70. The molecule has 0 saturated carbocycles. The first-order valence-corrected chi connectivity index (χ1v) is 10.7. The Morgan fingerprint density at radius 2 is 1.82 bits per heavy atom. The molecular weight excluding hydrogens is 414 g/mol. The molecule has 0 saturated heterocycles. The molecule has 1 N–H and O–H groups in total. The molecule has 0 spiro atoms. The molecule has 0 radical (unpaired) electrons. The Kier molecular flexibility index (Phi) is 5.40. The number of ether oxygens (including phenoxy) is 2. The number of carbonyl (C=O) groups excluding carboxylic acids is 1. The first-order chi connectivity index (χ1) is 16.2. The third-order valence-electron chi connectivity index (χ3n) is 5.54. The third kappa shape index (κ3) is 3.87.